The van der Waals surface area contributed by atoms with Gasteiger partial charge in [0.25, 0.3) is 0 Å². The molecule has 1 aromatic heterocycles. The van der Waals surface area contributed by atoms with Crippen LogP contribution in [0.15, 0.2) is 64.5 Å². The second kappa shape index (κ2) is 8.68. The van der Waals surface area contributed by atoms with Gasteiger partial charge in [0.05, 0.1) is 0 Å². The van der Waals surface area contributed by atoms with Gasteiger partial charge in [-0.3, -0.25) is 9.36 Å². The summed E-state index contributed by atoms with van der Waals surface area (Å²) in [5, 5.41) is 9.12. The monoisotopic (exact) mass is 386 g/mol. The number of nitrogens with one attached hydrogen (secondary N) is 2. The number of rotatable bonds is 7. The van der Waals surface area contributed by atoms with Gasteiger partial charge in [-0.15, -0.1) is 5.10 Å². The van der Waals surface area contributed by atoms with Crippen molar-refractivity contribution in [3.63, 3.8) is 0 Å². The van der Waals surface area contributed by atoms with E-state index in [0.717, 1.165) is 12.0 Å². The molecule has 0 saturated heterocycles. The Hall–Kier alpha value is -2.87. The Morgan fingerprint density at radius 2 is 1.93 bits per heavy atom. The van der Waals surface area contributed by atoms with Gasteiger partial charge in [-0.1, -0.05) is 49.0 Å². The molecule has 3 aromatic rings. The van der Waals surface area contributed by atoms with Crippen LogP contribution in [-0.2, 0) is 11.3 Å². The first-order valence-electron chi connectivity index (χ1n) is 8.51. The van der Waals surface area contributed by atoms with E-state index in [9.17, 15) is 14.0 Å². The van der Waals surface area contributed by atoms with Crippen LogP contribution in [-0.4, -0.2) is 20.7 Å². The number of halogens is 1. The van der Waals surface area contributed by atoms with Gasteiger partial charge in [-0.05, 0) is 36.2 Å². The predicted octanol–water partition coefficient (Wildman–Crippen LogP) is 3.59. The predicted molar refractivity (Wildman–Crippen MR) is 103 cm³/mol. The van der Waals surface area contributed by atoms with Crippen LogP contribution >= 0.6 is 11.8 Å². The molecule has 0 spiro atoms. The van der Waals surface area contributed by atoms with Crippen molar-refractivity contribution < 1.29 is 9.18 Å². The molecule has 0 unspecified atom stereocenters. The number of hydrogen-bond donors (Lipinski definition) is 2. The minimum Gasteiger partial charge on any atom is -0.325 e. The molecule has 0 bridgehead atoms. The summed E-state index contributed by atoms with van der Waals surface area (Å²) in [6.45, 7) is 2.47. The van der Waals surface area contributed by atoms with E-state index in [-0.39, 0.29) is 17.4 Å². The minimum atomic E-state index is -0.623. The summed E-state index contributed by atoms with van der Waals surface area (Å²) in [5.74, 6) is -0.654. The quantitative estimate of drug-likeness (QED) is 0.608. The van der Waals surface area contributed by atoms with Gasteiger partial charge in [-0.2, -0.15) is 0 Å². The van der Waals surface area contributed by atoms with Gasteiger partial charge in [-0.25, -0.2) is 14.3 Å². The zero-order valence-electron chi connectivity index (χ0n) is 14.7. The van der Waals surface area contributed by atoms with Crippen molar-refractivity contribution in [2.24, 2.45) is 0 Å². The fraction of sp³-hybridized carbons (Fsp3) is 0.211. The zero-order valence-corrected chi connectivity index (χ0v) is 15.5. The summed E-state index contributed by atoms with van der Waals surface area (Å²) >= 11 is 1.19. The van der Waals surface area contributed by atoms with E-state index in [4.69, 9.17) is 0 Å². The van der Waals surface area contributed by atoms with E-state index in [1.807, 2.05) is 37.3 Å². The Labute approximate surface area is 159 Å². The number of benzene rings is 2. The second-order valence-corrected chi connectivity index (χ2v) is 6.94. The number of H-pyrrole nitrogens is 1. The number of anilines is 1. The highest BCUT2D eigenvalue weighted by Crippen LogP contribution is 2.34. The number of thioether (sulfide) groups is 1. The Morgan fingerprint density at radius 1 is 1.22 bits per heavy atom. The molecule has 2 N–H and O–H groups in total. The van der Waals surface area contributed by atoms with Crippen LogP contribution in [0.3, 0.4) is 0 Å². The maximum Gasteiger partial charge on any atom is 0.343 e. The summed E-state index contributed by atoms with van der Waals surface area (Å²) in [6.07, 6.45) is 0.769. The number of aromatic amines is 1. The highest BCUT2D eigenvalue weighted by atomic mass is 32.2. The lowest BCUT2D eigenvalue weighted by Crippen LogP contribution is -2.21. The topological polar surface area (TPSA) is 79.8 Å². The van der Waals surface area contributed by atoms with Crippen molar-refractivity contribution in [2.45, 2.75) is 30.3 Å². The molecular formula is C19H19FN4O2S. The molecular weight excluding hydrogens is 367 g/mol. The van der Waals surface area contributed by atoms with Gasteiger partial charge in [0, 0.05) is 12.2 Å². The SMILES string of the molecule is CCCn1c(S[C@H](C(=O)Nc2ccc(F)cc2)c2ccccc2)n[nH]c1=O. The van der Waals surface area contributed by atoms with Crippen molar-refractivity contribution >= 4 is 23.4 Å². The molecule has 3 rings (SSSR count). The van der Waals surface area contributed by atoms with Crippen LogP contribution in [0.25, 0.3) is 0 Å². The smallest absolute Gasteiger partial charge is 0.325 e. The number of nitrogens with zero attached hydrogens (tertiary/aromatic N) is 2. The summed E-state index contributed by atoms with van der Waals surface area (Å²) in [6, 6.07) is 14.8. The normalized spacial score (nSPS) is 11.9. The second-order valence-electron chi connectivity index (χ2n) is 5.87. The molecule has 6 nitrogen and oxygen atoms in total. The molecule has 0 aliphatic rings. The number of amides is 1. The lowest BCUT2D eigenvalue weighted by atomic mass is 10.1. The van der Waals surface area contributed by atoms with Crippen LogP contribution in [0.2, 0.25) is 0 Å². The summed E-state index contributed by atoms with van der Waals surface area (Å²) in [4.78, 5) is 24.9. The number of hydrogen-bond acceptors (Lipinski definition) is 4. The Kier molecular flexibility index (Phi) is 6.08. The van der Waals surface area contributed by atoms with Gasteiger partial charge in [0.15, 0.2) is 5.16 Å². The van der Waals surface area contributed by atoms with E-state index in [0.29, 0.717) is 17.4 Å². The summed E-state index contributed by atoms with van der Waals surface area (Å²) < 4.78 is 14.6. The number of carbonyl (C=O) groups excluding carboxylic acids is 1. The standard InChI is InChI=1S/C19H19FN4O2S/c1-2-12-24-18(26)22-23-19(24)27-16(13-6-4-3-5-7-13)17(25)21-15-10-8-14(20)9-11-15/h3-11,16H,2,12H2,1H3,(H,21,25)(H,22,26)/t16-/m0/s1. The summed E-state index contributed by atoms with van der Waals surface area (Å²) in [7, 11) is 0. The molecule has 27 heavy (non-hydrogen) atoms. The van der Waals surface area contributed by atoms with Gasteiger partial charge in [0.2, 0.25) is 5.91 Å². The highest BCUT2D eigenvalue weighted by Gasteiger charge is 2.25. The Bertz CT molecular complexity index is 954. The van der Waals surface area contributed by atoms with Crippen molar-refractivity contribution in [3.8, 4) is 0 Å². The third-order valence-corrected chi connectivity index (χ3v) is 5.09. The molecule has 1 heterocycles. The van der Waals surface area contributed by atoms with Gasteiger partial charge < -0.3 is 5.32 Å². The first kappa shape index (κ1) is 18.9. The van der Waals surface area contributed by atoms with Crippen LogP contribution in [0.1, 0.15) is 24.2 Å². The van der Waals surface area contributed by atoms with E-state index in [2.05, 4.69) is 15.5 Å². The fourth-order valence-corrected chi connectivity index (χ4v) is 3.63. The highest BCUT2D eigenvalue weighted by molar-refractivity contribution is 8.00. The lowest BCUT2D eigenvalue weighted by Gasteiger charge is -2.17. The molecule has 2 aromatic carbocycles. The van der Waals surface area contributed by atoms with E-state index in [1.165, 1.54) is 40.6 Å². The van der Waals surface area contributed by atoms with Crippen molar-refractivity contribution in [3.05, 3.63) is 76.5 Å². The Morgan fingerprint density at radius 3 is 2.59 bits per heavy atom. The molecule has 0 aliphatic carbocycles. The van der Waals surface area contributed by atoms with Crippen molar-refractivity contribution in [1.29, 1.82) is 0 Å². The largest absolute Gasteiger partial charge is 0.343 e. The maximum absolute atomic E-state index is 13.1. The summed E-state index contributed by atoms with van der Waals surface area (Å²) in [5.41, 5.74) is 0.974. The first-order chi connectivity index (χ1) is 13.1. The van der Waals surface area contributed by atoms with Crippen LogP contribution in [0.5, 0.6) is 0 Å². The molecule has 8 heteroatoms. The lowest BCUT2D eigenvalue weighted by molar-refractivity contribution is -0.115. The van der Waals surface area contributed by atoms with Crippen LogP contribution in [0.4, 0.5) is 10.1 Å². The average molecular weight is 386 g/mol. The maximum atomic E-state index is 13.1. The molecule has 0 fully saturated rings. The van der Waals surface area contributed by atoms with Gasteiger partial charge in [0.1, 0.15) is 11.1 Å². The molecule has 1 atom stereocenters. The van der Waals surface area contributed by atoms with E-state index in [1.54, 1.807) is 0 Å². The van der Waals surface area contributed by atoms with E-state index < -0.39 is 5.25 Å². The van der Waals surface area contributed by atoms with Crippen LogP contribution in [0, 0.1) is 5.82 Å². The number of carbonyl (C=O) groups is 1. The first-order valence-corrected chi connectivity index (χ1v) is 9.39. The van der Waals surface area contributed by atoms with Crippen molar-refractivity contribution in [2.75, 3.05) is 5.32 Å². The Balaban J connectivity index is 1.88. The number of aromatic nitrogens is 3. The third-order valence-electron chi connectivity index (χ3n) is 3.85. The third kappa shape index (κ3) is 4.65. The zero-order chi connectivity index (χ0) is 19.2. The molecule has 0 radical (unpaired) electrons. The van der Waals surface area contributed by atoms with Crippen LogP contribution < -0.4 is 11.0 Å². The fourth-order valence-electron chi connectivity index (χ4n) is 2.56. The molecule has 0 aliphatic heterocycles. The molecule has 140 valence electrons. The van der Waals surface area contributed by atoms with Crippen molar-refractivity contribution in [1.82, 2.24) is 14.8 Å². The van der Waals surface area contributed by atoms with E-state index >= 15 is 0 Å². The minimum absolute atomic E-state index is 0.281. The molecule has 1 amide bonds. The van der Waals surface area contributed by atoms with Gasteiger partial charge >= 0.3 is 5.69 Å². The molecule has 0 saturated carbocycles. The average Bonchev–Trinajstić information content (AvgIpc) is 3.02.